The second-order valence-electron chi connectivity index (χ2n) is 7.61. The molecule has 0 aromatic heterocycles. The lowest BCUT2D eigenvalue weighted by molar-refractivity contribution is -0.132. The van der Waals surface area contributed by atoms with Crippen LogP contribution >= 0.6 is 11.8 Å². The van der Waals surface area contributed by atoms with Crippen LogP contribution in [-0.4, -0.2) is 66.1 Å². The summed E-state index contributed by atoms with van der Waals surface area (Å²) in [6.07, 6.45) is 4.04. The summed E-state index contributed by atoms with van der Waals surface area (Å²) >= 11 is 1.58. The fourth-order valence-electron chi connectivity index (χ4n) is 3.66. The topological polar surface area (TPSA) is 90.0 Å². The van der Waals surface area contributed by atoms with Crippen molar-refractivity contribution in [2.24, 2.45) is 5.73 Å². The summed E-state index contributed by atoms with van der Waals surface area (Å²) in [5.74, 6) is 0.128. The molecule has 4 N–H and O–H groups in total. The van der Waals surface area contributed by atoms with Crippen LogP contribution in [0.1, 0.15) is 18.4 Å². The van der Waals surface area contributed by atoms with Crippen LogP contribution in [-0.2, 0) is 4.79 Å². The van der Waals surface area contributed by atoms with Crippen molar-refractivity contribution in [1.82, 2.24) is 4.90 Å². The monoisotopic (exact) mass is 441 g/mol. The average molecular weight is 442 g/mol. The highest BCUT2D eigenvalue weighted by Crippen LogP contribution is 2.31. The SMILES string of the molecule is NCCCCN1CCN(c2ccccc2O)CC1.O=C(O)C1=Cc2ccccc2SC1. The molecule has 1 saturated heterocycles. The van der Waals surface area contributed by atoms with Gasteiger partial charge < -0.3 is 20.8 Å². The van der Waals surface area contributed by atoms with Crippen molar-refractivity contribution in [3.63, 3.8) is 0 Å². The lowest BCUT2D eigenvalue weighted by Gasteiger charge is -2.36. The Hall–Kier alpha value is -2.48. The molecule has 0 amide bonds. The first kappa shape index (κ1) is 23.2. The Morgan fingerprint density at radius 2 is 1.71 bits per heavy atom. The molecular weight excluding hydrogens is 410 g/mol. The Labute approximate surface area is 188 Å². The summed E-state index contributed by atoms with van der Waals surface area (Å²) in [7, 11) is 0. The summed E-state index contributed by atoms with van der Waals surface area (Å²) in [6, 6.07) is 15.4. The van der Waals surface area contributed by atoms with Crippen molar-refractivity contribution in [3.05, 3.63) is 59.7 Å². The molecule has 0 aliphatic carbocycles. The van der Waals surface area contributed by atoms with Gasteiger partial charge in [-0.2, -0.15) is 0 Å². The van der Waals surface area contributed by atoms with Crippen molar-refractivity contribution in [1.29, 1.82) is 0 Å². The number of piperazine rings is 1. The highest BCUT2D eigenvalue weighted by Gasteiger charge is 2.18. The molecule has 7 heteroatoms. The minimum Gasteiger partial charge on any atom is -0.506 e. The van der Waals surface area contributed by atoms with Crippen molar-refractivity contribution < 1.29 is 15.0 Å². The van der Waals surface area contributed by atoms with Crippen LogP contribution in [0, 0.1) is 0 Å². The zero-order valence-corrected chi connectivity index (χ0v) is 18.6. The van der Waals surface area contributed by atoms with E-state index in [1.807, 2.05) is 42.5 Å². The minimum absolute atomic E-state index is 0.383. The lowest BCUT2D eigenvalue weighted by Crippen LogP contribution is -2.46. The third-order valence-corrected chi connectivity index (χ3v) is 6.57. The summed E-state index contributed by atoms with van der Waals surface area (Å²) in [5, 5.41) is 18.6. The predicted molar refractivity (Wildman–Crippen MR) is 128 cm³/mol. The number of thioether (sulfide) groups is 1. The number of phenols is 1. The average Bonchev–Trinajstić information content (AvgIpc) is 2.80. The van der Waals surface area contributed by atoms with E-state index in [1.165, 1.54) is 6.42 Å². The Morgan fingerprint density at radius 1 is 1.00 bits per heavy atom. The maximum Gasteiger partial charge on any atom is 0.332 e. The molecule has 166 valence electrons. The highest BCUT2D eigenvalue weighted by molar-refractivity contribution is 7.99. The van der Waals surface area contributed by atoms with Crippen LogP contribution in [0.15, 0.2) is 59.0 Å². The Kier molecular flexibility index (Phi) is 8.82. The molecule has 0 bridgehead atoms. The largest absolute Gasteiger partial charge is 0.506 e. The van der Waals surface area contributed by atoms with Crippen LogP contribution in [0.25, 0.3) is 6.08 Å². The van der Waals surface area contributed by atoms with Gasteiger partial charge in [0.2, 0.25) is 0 Å². The number of aromatic hydroxyl groups is 1. The first-order chi connectivity index (χ1) is 15.1. The highest BCUT2D eigenvalue weighted by atomic mass is 32.2. The van der Waals surface area contributed by atoms with Gasteiger partial charge in [-0.1, -0.05) is 30.3 Å². The van der Waals surface area contributed by atoms with Gasteiger partial charge in [0.25, 0.3) is 0 Å². The molecule has 6 nitrogen and oxygen atoms in total. The molecular formula is C24H31N3O3S. The Bertz CT molecular complexity index is 895. The lowest BCUT2D eigenvalue weighted by atomic mass is 10.1. The van der Waals surface area contributed by atoms with Crippen molar-refractivity contribution in [3.8, 4) is 5.75 Å². The van der Waals surface area contributed by atoms with Gasteiger partial charge in [0.1, 0.15) is 5.75 Å². The van der Waals surface area contributed by atoms with Gasteiger partial charge >= 0.3 is 5.97 Å². The first-order valence-corrected chi connectivity index (χ1v) is 11.7. The van der Waals surface area contributed by atoms with E-state index < -0.39 is 5.97 Å². The summed E-state index contributed by atoms with van der Waals surface area (Å²) in [4.78, 5) is 16.6. The fourth-order valence-corrected chi connectivity index (χ4v) is 4.65. The number of fused-ring (bicyclic) bond motifs is 1. The standard InChI is InChI=1S/C14H23N3O.C10H8O2S/c15-7-3-4-8-16-9-11-17(12-10-16)13-5-1-2-6-14(13)18;11-10(12)8-5-7-3-1-2-4-9(7)13-6-8/h1-2,5-6,18H,3-4,7-12,15H2;1-5H,6H2,(H,11,12). The number of nitrogens with two attached hydrogens (primary N) is 1. The van der Waals surface area contributed by atoms with Crippen LogP contribution < -0.4 is 10.6 Å². The quantitative estimate of drug-likeness (QED) is 0.591. The number of carbonyl (C=O) groups is 1. The molecule has 2 aliphatic heterocycles. The van der Waals surface area contributed by atoms with Crippen LogP contribution in [0.5, 0.6) is 5.75 Å². The van der Waals surface area contributed by atoms with Gasteiger partial charge in [-0.3, -0.25) is 4.90 Å². The molecule has 2 aromatic carbocycles. The number of hydrogen-bond donors (Lipinski definition) is 3. The second kappa shape index (κ2) is 11.8. The predicted octanol–water partition coefficient (Wildman–Crippen LogP) is 3.51. The second-order valence-corrected chi connectivity index (χ2v) is 8.63. The smallest absolute Gasteiger partial charge is 0.332 e. The molecule has 2 aliphatic rings. The van der Waals surface area contributed by atoms with E-state index in [-0.39, 0.29) is 0 Å². The van der Waals surface area contributed by atoms with Gasteiger partial charge in [-0.15, -0.1) is 11.8 Å². The zero-order chi connectivity index (χ0) is 22.1. The van der Waals surface area contributed by atoms with Crippen molar-refractivity contribution in [2.45, 2.75) is 17.7 Å². The van der Waals surface area contributed by atoms with Crippen LogP contribution in [0.2, 0.25) is 0 Å². The summed E-state index contributed by atoms with van der Waals surface area (Å²) in [6.45, 7) is 6.04. The number of phenolic OH excluding ortho intramolecular Hbond substituents is 1. The Morgan fingerprint density at radius 3 is 2.42 bits per heavy atom. The number of benzene rings is 2. The maximum atomic E-state index is 10.7. The maximum absolute atomic E-state index is 10.7. The van der Waals surface area contributed by atoms with Crippen molar-refractivity contribution >= 4 is 29.5 Å². The molecule has 0 radical (unpaired) electrons. The van der Waals surface area contributed by atoms with E-state index in [0.29, 0.717) is 17.1 Å². The van der Waals surface area contributed by atoms with Crippen LogP contribution in [0.4, 0.5) is 5.69 Å². The molecule has 0 atom stereocenters. The molecule has 0 saturated carbocycles. The van der Waals surface area contributed by atoms with E-state index in [4.69, 9.17) is 10.8 Å². The van der Waals surface area contributed by atoms with Gasteiger partial charge in [0.15, 0.2) is 0 Å². The van der Waals surface area contributed by atoms with E-state index in [0.717, 1.165) is 61.8 Å². The fraction of sp³-hybridized carbons (Fsp3) is 0.375. The van der Waals surface area contributed by atoms with E-state index in [1.54, 1.807) is 23.9 Å². The Balaban J connectivity index is 0.000000185. The third-order valence-electron chi connectivity index (χ3n) is 5.43. The summed E-state index contributed by atoms with van der Waals surface area (Å²) in [5.41, 5.74) is 7.95. The number of nitrogens with zero attached hydrogens (tertiary/aromatic N) is 2. The number of para-hydroxylation sites is 2. The normalized spacial score (nSPS) is 16.0. The number of hydrogen-bond acceptors (Lipinski definition) is 6. The number of carboxylic acid groups (broad SMARTS) is 1. The number of rotatable bonds is 6. The zero-order valence-electron chi connectivity index (χ0n) is 17.7. The molecule has 0 unspecified atom stereocenters. The molecule has 31 heavy (non-hydrogen) atoms. The number of anilines is 1. The van der Waals surface area contributed by atoms with Crippen molar-refractivity contribution in [2.75, 3.05) is 49.9 Å². The third kappa shape index (κ3) is 6.75. The molecule has 2 heterocycles. The minimum atomic E-state index is -0.818. The molecule has 0 spiro atoms. The molecule has 2 aromatic rings. The number of unbranched alkanes of at least 4 members (excludes halogenated alkanes) is 1. The van der Waals surface area contributed by atoms with Gasteiger partial charge in [0.05, 0.1) is 5.69 Å². The first-order valence-electron chi connectivity index (χ1n) is 10.7. The number of aliphatic carboxylic acids is 1. The van der Waals surface area contributed by atoms with E-state index in [9.17, 15) is 9.90 Å². The van der Waals surface area contributed by atoms with Gasteiger partial charge in [-0.25, -0.2) is 4.79 Å². The molecule has 4 rings (SSSR count). The number of carboxylic acids is 1. The van der Waals surface area contributed by atoms with Crippen LogP contribution in [0.3, 0.4) is 0 Å². The van der Waals surface area contributed by atoms with Gasteiger partial charge in [-0.05, 0) is 55.8 Å². The summed E-state index contributed by atoms with van der Waals surface area (Å²) < 4.78 is 0. The van der Waals surface area contributed by atoms with Gasteiger partial charge in [0, 0.05) is 42.4 Å². The molecule has 1 fully saturated rings. The van der Waals surface area contributed by atoms with E-state index >= 15 is 0 Å². The van der Waals surface area contributed by atoms with E-state index in [2.05, 4.69) is 9.80 Å².